The zero-order valence-electron chi connectivity index (χ0n) is 10.6. The molecular formula is C13H13ClN2O2S2. The van der Waals surface area contributed by atoms with E-state index in [4.69, 9.17) is 17.3 Å². The Balaban J connectivity index is 2.41. The van der Waals surface area contributed by atoms with Gasteiger partial charge in [0, 0.05) is 10.6 Å². The summed E-state index contributed by atoms with van der Waals surface area (Å²) in [6.07, 6.45) is 1.92. The van der Waals surface area contributed by atoms with E-state index in [0.717, 1.165) is 4.90 Å². The molecule has 20 heavy (non-hydrogen) atoms. The van der Waals surface area contributed by atoms with Crippen molar-refractivity contribution < 1.29 is 8.42 Å². The second-order valence-electron chi connectivity index (χ2n) is 4.00. The highest BCUT2D eigenvalue weighted by Crippen LogP contribution is 2.29. The number of nitrogen functional groups attached to an aromatic ring is 1. The first-order chi connectivity index (χ1) is 9.44. The summed E-state index contributed by atoms with van der Waals surface area (Å²) >= 11 is 7.46. The molecule has 0 amide bonds. The van der Waals surface area contributed by atoms with E-state index in [0.29, 0.717) is 5.69 Å². The van der Waals surface area contributed by atoms with Crippen molar-refractivity contribution in [2.24, 2.45) is 0 Å². The van der Waals surface area contributed by atoms with Crippen LogP contribution in [0.1, 0.15) is 0 Å². The van der Waals surface area contributed by atoms with Crippen LogP contribution in [0.5, 0.6) is 0 Å². The number of anilines is 2. The highest BCUT2D eigenvalue weighted by molar-refractivity contribution is 7.98. The average molecular weight is 329 g/mol. The van der Waals surface area contributed by atoms with E-state index in [9.17, 15) is 8.42 Å². The second-order valence-corrected chi connectivity index (χ2v) is 6.90. The number of halogens is 1. The van der Waals surface area contributed by atoms with Crippen molar-refractivity contribution in [2.45, 2.75) is 9.79 Å². The Hall–Kier alpha value is -1.37. The van der Waals surface area contributed by atoms with E-state index in [2.05, 4.69) is 4.72 Å². The fraction of sp³-hybridized carbons (Fsp3) is 0.0769. The van der Waals surface area contributed by atoms with E-state index in [1.54, 1.807) is 24.3 Å². The summed E-state index contributed by atoms with van der Waals surface area (Å²) in [5.74, 6) is 0. The van der Waals surface area contributed by atoms with Crippen LogP contribution < -0.4 is 10.5 Å². The zero-order chi connectivity index (χ0) is 14.8. The lowest BCUT2D eigenvalue weighted by Gasteiger charge is -2.12. The van der Waals surface area contributed by atoms with Crippen LogP contribution in [0.25, 0.3) is 0 Å². The first-order valence-corrected chi connectivity index (χ1v) is 8.73. The van der Waals surface area contributed by atoms with Gasteiger partial charge in [0.25, 0.3) is 10.0 Å². The van der Waals surface area contributed by atoms with Crippen LogP contribution in [0.3, 0.4) is 0 Å². The molecule has 0 spiro atoms. The average Bonchev–Trinajstić information content (AvgIpc) is 2.37. The van der Waals surface area contributed by atoms with Gasteiger partial charge in [-0.3, -0.25) is 4.72 Å². The lowest BCUT2D eigenvalue weighted by molar-refractivity contribution is 0.601. The minimum absolute atomic E-state index is 0.0959. The van der Waals surface area contributed by atoms with Crippen LogP contribution in [0, 0.1) is 0 Å². The third-order valence-corrected chi connectivity index (χ3v) is 5.24. The van der Waals surface area contributed by atoms with Gasteiger partial charge in [-0.25, -0.2) is 8.42 Å². The Labute approximate surface area is 127 Å². The molecule has 4 nitrogen and oxygen atoms in total. The summed E-state index contributed by atoms with van der Waals surface area (Å²) in [5, 5.41) is 0.0959. The highest BCUT2D eigenvalue weighted by atomic mass is 35.5. The topological polar surface area (TPSA) is 72.2 Å². The van der Waals surface area contributed by atoms with Crippen LogP contribution in [0.4, 0.5) is 11.4 Å². The third-order valence-electron chi connectivity index (χ3n) is 2.59. The van der Waals surface area contributed by atoms with Crippen LogP contribution in [0.15, 0.2) is 52.3 Å². The number of nitrogens with one attached hydrogen (secondary N) is 1. The van der Waals surface area contributed by atoms with Crippen molar-refractivity contribution in [2.75, 3.05) is 16.7 Å². The van der Waals surface area contributed by atoms with E-state index >= 15 is 0 Å². The Kier molecular flexibility index (Phi) is 4.47. The van der Waals surface area contributed by atoms with Crippen molar-refractivity contribution in [3.05, 3.63) is 47.5 Å². The molecule has 0 heterocycles. The van der Waals surface area contributed by atoms with E-state index in [1.165, 1.54) is 23.9 Å². The van der Waals surface area contributed by atoms with Crippen LogP contribution in [-0.2, 0) is 10.0 Å². The molecule has 0 fully saturated rings. The first kappa shape index (κ1) is 15.0. The molecule has 0 unspecified atom stereocenters. The maximum Gasteiger partial charge on any atom is 0.265 e. The molecule has 0 atom stereocenters. The van der Waals surface area contributed by atoms with Crippen molar-refractivity contribution in [1.29, 1.82) is 0 Å². The standard InChI is InChI=1S/C13H13ClN2O2S2/c1-19-10-5-2-4-9(8-10)16-20(17,18)13-11(14)6-3-7-12(13)15/h2-8,16H,15H2,1H3. The maximum atomic E-state index is 12.4. The van der Waals surface area contributed by atoms with Gasteiger partial charge in [-0.15, -0.1) is 11.8 Å². The molecule has 3 N–H and O–H groups in total. The quantitative estimate of drug-likeness (QED) is 0.666. The fourth-order valence-electron chi connectivity index (χ4n) is 1.70. The minimum atomic E-state index is -3.82. The molecule has 7 heteroatoms. The third kappa shape index (κ3) is 3.20. The molecule has 0 bridgehead atoms. The van der Waals surface area contributed by atoms with Gasteiger partial charge in [0.15, 0.2) is 0 Å². The van der Waals surface area contributed by atoms with Gasteiger partial charge in [0.1, 0.15) is 4.90 Å². The van der Waals surface area contributed by atoms with Gasteiger partial charge in [0.2, 0.25) is 0 Å². The number of thioether (sulfide) groups is 1. The summed E-state index contributed by atoms with van der Waals surface area (Å²) in [6, 6.07) is 11.7. The summed E-state index contributed by atoms with van der Waals surface area (Å²) in [5.41, 5.74) is 6.29. The number of hydrogen-bond acceptors (Lipinski definition) is 4. The maximum absolute atomic E-state index is 12.4. The van der Waals surface area contributed by atoms with Crippen molar-refractivity contribution >= 4 is 44.8 Å². The Morgan fingerprint density at radius 1 is 1.20 bits per heavy atom. The van der Waals surface area contributed by atoms with Gasteiger partial charge >= 0.3 is 0 Å². The van der Waals surface area contributed by atoms with E-state index in [-0.39, 0.29) is 15.6 Å². The molecule has 0 aliphatic rings. The van der Waals surface area contributed by atoms with Gasteiger partial charge < -0.3 is 5.73 Å². The Bertz CT molecular complexity index is 713. The van der Waals surface area contributed by atoms with Crippen molar-refractivity contribution in [1.82, 2.24) is 0 Å². The predicted molar refractivity (Wildman–Crippen MR) is 84.9 cm³/mol. The highest BCUT2D eigenvalue weighted by Gasteiger charge is 2.21. The molecule has 0 radical (unpaired) electrons. The normalized spacial score (nSPS) is 11.3. The zero-order valence-corrected chi connectivity index (χ0v) is 13.0. The smallest absolute Gasteiger partial charge is 0.265 e. The number of sulfonamides is 1. The lowest BCUT2D eigenvalue weighted by Crippen LogP contribution is -2.15. The van der Waals surface area contributed by atoms with Gasteiger partial charge in [-0.05, 0) is 36.6 Å². The van der Waals surface area contributed by atoms with E-state index < -0.39 is 10.0 Å². The molecule has 106 valence electrons. The second kappa shape index (κ2) is 5.95. The molecule has 2 aromatic carbocycles. The molecule has 0 aliphatic carbocycles. The van der Waals surface area contributed by atoms with Gasteiger partial charge in [-0.2, -0.15) is 0 Å². The van der Waals surface area contributed by atoms with Crippen LogP contribution in [0.2, 0.25) is 5.02 Å². The molecule has 0 aliphatic heterocycles. The minimum Gasteiger partial charge on any atom is -0.398 e. The van der Waals surface area contributed by atoms with Crippen LogP contribution in [-0.4, -0.2) is 14.7 Å². The molecule has 2 rings (SSSR count). The van der Waals surface area contributed by atoms with Gasteiger partial charge in [0.05, 0.1) is 10.7 Å². The van der Waals surface area contributed by atoms with Crippen molar-refractivity contribution in [3.8, 4) is 0 Å². The summed E-state index contributed by atoms with van der Waals surface area (Å²) in [4.78, 5) is 0.855. The monoisotopic (exact) mass is 328 g/mol. The lowest BCUT2D eigenvalue weighted by atomic mass is 10.3. The Morgan fingerprint density at radius 3 is 2.55 bits per heavy atom. The summed E-state index contributed by atoms with van der Waals surface area (Å²) < 4.78 is 27.2. The van der Waals surface area contributed by atoms with E-state index in [1.807, 2.05) is 12.3 Å². The first-order valence-electron chi connectivity index (χ1n) is 5.65. The summed E-state index contributed by atoms with van der Waals surface area (Å²) in [7, 11) is -3.82. The van der Waals surface area contributed by atoms with Crippen LogP contribution >= 0.6 is 23.4 Å². The van der Waals surface area contributed by atoms with Crippen molar-refractivity contribution in [3.63, 3.8) is 0 Å². The SMILES string of the molecule is CSc1cccc(NS(=O)(=O)c2c(N)cccc2Cl)c1. The molecule has 0 saturated heterocycles. The molecule has 0 saturated carbocycles. The fourth-order valence-corrected chi connectivity index (χ4v) is 3.89. The molecular weight excluding hydrogens is 316 g/mol. The number of hydrogen-bond donors (Lipinski definition) is 2. The predicted octanol–water partition coefficient (Wildman–Crippen LogP) is 3.44. The largest absolute Gasteiger partial charge is 0.398 e. The number of nitrogens with two attached hydrogens (primary N) is 1. The summed E-state index contributed by atoms with van der Waals surface area (Å²) in [6.45, 7) is 0. The molecule has 0 aromatic heterocycles. The molecule has 2 aromatic rings. The Morgan fingerprint density at radius 2 is 1.90 bits per heavy atom. The number of benzene rings is 2. The number of rotatable bonds is 4. The van der Waals surface area contributed by atoms with Gasteiger partial charge in [-0.1, -0.05) is 23.7 Å².